The van der Waals surface area contributed by atoms with Crippen molar-refractivity contribution in [3.63, 3.8) is 0 Å². The number of aromatic nitrogens is 1. The first-order valence-electron chi connectivity index (χ1n) is 12.4. The zero-order valence-electron chi connectivity index (χ0n) is 21.3. The van der Waals surface area contributed by atoms with Gasteiger partial charge in [0.2, 0.25) is 0 Å². The van der Waals surface area contributed by atoms with Crippen LogP contribution in [0.15, 0.2) is 97.2 Å². The largest absolute Gasteiger partial charge is 0.497 e. The van der Waals surface area contributed by atoms with Crippen LogP contribution >= 0.6 is 23.8 Å². The Balaban J connectivity index is 1.45. The summed E-state index contributed by atoms with van der Waals surface area (Å²) in [5, 5.41) is 4.86. The van der Waals surface area contributed by atoms with Gasteiger partial charge in [0.15, 0.2) is 5.11 Å². The van der Waals surface area contributed by atoms with Crippen molar-refractivity contribution >= 4 is 40.3 Å². The van der Waals surface area contributed by atoms with Crippen LogP contribution in [0.5, 0.6) is 5.75 Å². The molecule has 0 aliphatic rings. The number of hydrogen-bond acceptors (Lipinski definition) is 3. The Hall–Kier alpha value is -3.48. The monoisotopic (exact) mass is 532 g/mol. The Morgan fingerprint density at radius 3 is 2.35 bits per heavy atom. The maximum atomic E-state index is 6.08. The van der Waals surface area contributed by atoms with Crippen LogP contribution in [0.25, 0.3) is 0 Å². The highest BCUT2D eigenvalue weighted by molar-refractivity contribution is 7.80. The minimum Gasteiger partial charge on any atom is -0.497 e. The first-order chi connectivity index (χ1) is 18.0. The molecule has 0 spiro atoms. The zero-order valence-corrected chi connectivity index (χ0v) is 22.9. The SMILES string of the molecule is COc1ccc(NC(=S)N(CCCN(C)c2ccccc2)Cc2cccn2Cc2ccc(Cl)cc2)cc1. The molecule has 0 saturated carbocycles. The predicted molar refractivity (Wildman–Crippen MR) is 159 cm³/mol. The standard InChI is InChI=1S/C30H33ClN4OS/c1-33(27-8-4-3-5-9-27)19-7-21-35(30(37)32-26-15-17-29(36-2)18-16-26)23-28-10-6-20-34(28)22-24-11-13-25(31)14-12-24/h3-6,8-18,20H,7,19,21-23H2,1-2H3,(H,32,37). The highest BCUT2D eigenvalue weighted by Gasteiger charge is 2.14. The van der Waals surface area contributed by atoms with Gasteiger partial charge in [-0.2, -0.15) is 0 Å². The van der Waals surface area contributed by atoms with E-state index in [0.29, 0.717) is 11.7 Å². The van der Waals surface area contributed by atoms with Crippen molar-refractivity contribution in [2.24, 2.45) is 0 Å². The van der Waals surface area contributed by atoms with Gasteiger partial charge in [0.25, 0.3) is 0 Å². The fourth-order valence-corrected chi connectivity index (χ4v) is 4.57. The summed E-state index contributed by atoms with van der Waals surface area (Å²) >= 11 is 12.0. The van der Waals surface area contributed by atoms with Crippen molar-refractivity contribution in [2.75, 3.05) is 37.5 Å². The lowest BCUT2D eigenvalue weighted by atomic mass is 10.2. The van der Waals surface area contributed by atoms with Crippen molar-refractivity contribution < 1.29 is 4.74 Å². The molecule has 0 fully saturated rings. The number of nitrogens with zero attached hydrogens (tertiary/aromatic N) is 3. The van der Waals surface area contributed by atoms with Gasteiger partial charge < -0.3 is 24.4 Å². The van der Waals surface area contributed by atoms with Gasteiger partial charge >= 0.3 is 0 Å². The number of rotatable bonds is 11. The first kappa shape index (κ1) is 26.6. The fourth-order valence-electron chi connectivity index (χ4n) is 4.17. The summed E-state index contributed by atoms with van der Waals surface area (Å²) in [7, 11) is 3.80. The Morgan fingerprint density at radius 1 is 0.919 bits per heavy atom. The molecular formula is C30H33ClN4OS. The molecule has 0 amide bonds. The topological polar surface area (TPSA) is 32.7 Å². The Labute approximate surface area is 230 Å². The lowest BCUT2D eigenvalue weighted by molar-refractivity contribution is 0.399. The van der Waals surface area contributed by atoms with Crippen molar-refractivity contribution in [1.82, 2.24) is 9.47 Å². The van der Waals surface area contributed by atoms with E-state index in [9.17, 15) is 0 Å². The van der Waals surface area contributed by atoms with Crippen LogP contribution in [0.4, 0.5) is 11.4 Å². The van der Waals surface area contributed by atoms with E-state index in [0.717, 1.165) is 42.5 Å². The molecule has 0 bridgehead atoms. The number of nitrogens with one attached hydrogen (secondary N) is 1. The third-order valence-electron chi connectivity index (χ3n) is 6.29. The fraction of sp³-hybridized carbons (Fsp3) is 0.233. The summed E-state index contributed by atoms with van der Waals surface area (Å²) in [5.74, 6) is 0.817. The van der Waals surface area contributed by atoms with Crippen LogP contribution in [0.2, 0.25) is 5.02 Å². The van der Waals surface area contributed by atoms with E-state index in [1.807, 2.05) is 42.5 Å². The van der Waals surface area contributed by atoms with Gasteiger partial charge in [-0.1, -0.05) is 41.9 Å². The van der Waals surface area contributed by atoms with E-state index in [4.69, 9.17) is 28.6 Å². The third-order valence-corrected chi connectivity index (χ3v) is 6.90. The van der Waals surface area contributed by atoms with Gasteiger partial charge in [0.1, 0.15) is 5.75 Å². The predicted octanol–water partition coefficient (Wildman–Crippen LogP) is 6.92. The molecule has 5 nitrogen and oxygen atoms in total. The normalized spacial score (nSPS) is 10.7. The quantitative estimate of drug-likeness (QED) is 0.212. The van der Waals surface area contributed by atoms with Gasteiger partial charge in [-0.25, -0.2) is 0 Å². The van der Waals surface area contributed by atoms with Gasteiger partial charge in [-0.05, 0) is 84.9 Å². The number of halogens is 1. The Kier molecular flexibility index (Phi) is 9.46. The van der Waals surface area contributed by atoms with Gasteiger partial charge in [0, 0.05) is 55.0 Å². The van der Waals surface area contributed by atoms with E-state index in [1.165, 1.54) is 16.9 Å². The van der Waals surface area contributed by atoms with Crippen molar-refractivity contribution in [2.45, 2.75) is 19.5 Å². The van der Waals surface area contributed by atoms with Crippen molar-refractivity contribution in [3.8, 4) is 5.75 Å². The first-order valence-corrected chi connectivity index (χ1v) is 13.1. The van der Waals surface area contributed by atoms with E-state index in [2.05, 4.69) is 81.5 Å². The van der Waals surface area contributed by atoms with Crippen molar-refractivity contribution in [1.29, 1.82) is 0 Å². The molecule has 37 heavy (non-hydrogen) atoms. The maximum absolute atomic E-state index is 6.08. The summed E-state index contributed by atoms with van der Waals surface area (Å²) < 4.78 is 7.55. The number of methoxy groups -OCH3 is 1. The number of ether oxygens (including phenoxy) is 1. The average Bonchev–Trinajstić information content (AvgIpc) is 3.36. The molecule has 1 heterocycles. The van der Waals surface area contributed by atoms with Crippen LogP contribution in [0, 0.1) is 0 Å². The molecule has 7 heteroatoms. The number of hydrogen-bond donors (Lipinski definition) is 1. The molecule has 0 radical (unpaired) electrons. The van der Waals surface area contributed by atoms with Gasteiger partial charge in [-0.3, -0.25) is 0 Å². The van der Waals surface area contributed by atoms with Crippen LogP contribution in [-0.4, -0.2) is 41.8 Å². The Morgan fingerprint density at radius 2 is 1.65 bits per heavy atom. The minimum absolute atomic E-state index is 0.701. The van der Waals surface area contributed by atoms with E-state index < -0.39 is 0 Å². The van der Waals surface area contributed by atoms with Crippen molar-refractivity contribution in [3.05, 3.63) is 113 Å². The molecule has 1 aromatic heterocycles. The summed E-state index contributed by atoms with van der Waals surface area (Å²) in [6, 6.07) is 30.5. The van der Waals surface area contributed by atoms with Gasteiger partial charge in [-0.15, -0.1) is 0 Å². The van der Waals surface area contributed by atoms with E-state index >= 15 is 0 Å². The molecule has 0 atom stereocenters. The second-order valence-electron chi connectivity index (χ2n) is 8.94. The summed E-state index contributed by atoms with van der Waals surface area (Å²) in [6.45, 7) is 3.24. The molecular weight excluding hydrogens is 500 g/mol. The van der Waals surface area contributed by atoms with Crippen LogP contribution in [-0.2, 0) is 13.1 Å². The molecule has 4 rings (SSSR count). The third kappa shape index (κ3) is 7.75. The second kappa shape index (κ2) is 13.2. The number of thiocarbonyl (C=S) groups is 1. The maximum Gasteiger partial charge on any atom is 0.173 e. The number of para-hydroxylation sites is 1. The lowest BCUT2D eigenvalue weighted by Gasteiger charge is -2.28. The number of anilines is 2. The molecule has 0 aliphatic carbocycles. The van der Waals surface area contributed by atoms with Crippen LogP contribution in [0.1, 0.15) is 17.7 Å². The molecule has 0 unspecified atom stereocenters. The molecule has 4 aromatic rings. The van der Waals surface area contributed by atoms with Crippen LogP contribution in [0.3, 0.4) is 0 Å². The molecule has 192 valence electrons. The summed E-state index contributed by atoms with van der Waals surface area (Å²) in [6.07, 6.45) is 3.08. The molecule has 0 saturated heterocycles. The summed E-state index contributed by atoms with van der Waals surface area (Å²) in [5.41, 5.74) is 4.56. The van der Waals surface area contributed by atoms with Crippen LogP contribution < -0.4 is 15.0 Å². The minimum atomic E-state index is 0.701. The average molecular weight is 533 g/mol. The molecule has 0 aliphatic heterocycles. The smallest absolute Gasteiger partial charge is 0.173 e. The van der Waals surface area contributed by atoms with Gasteiger partial charge in [0.05, 0.1) is 13.7 Å². The van der Waals surface area contributed by atoms with E-state index in [-0.39, 0.29) is 0 Å². The Bertz CT molecular complexity index is 1260. The number of benzene rings is 3. The summed E-state index contributed by atoms with van der Waals surface area (Å²) in [4.78, 5) is 4.52. The zero-order chi connectivity index (χ0) is 26.0. The van der Waals surface area contributed by atoms with E-state index in [1.54, 1.807) is 7.11 Å². The molecule has 3 aromatic carbocycles. The second-order valence-corrected chi connectivity index (χ2v) is 9.77. The lowest BCUT2D eigenvalue weighted by Crippen LogP contribution is -2.37. The highest BCUT2D eigenvalue weighted by Crippen LogP contribution is 2.18. The highest BCUT2D eigenvalue weighted by atomic mass is 35.5. The molecule has 1 N–H and O–H groups in total.